The fraction of sp³-hybridized carbons (Fsp3) is 0.300. The summed E-state index contributed by atoms with van der Waals surface area (Å²) in [6.07, 6.45) is -5.02. The standard InChI is InChI=1S/C10H8F4N2O3S/c11-10(12,13)9(17)15-8-2-1-6-4-16(20(14,18)19)5-7(6)3-8/h1-3H,4-5H2,(H,15,17). The number of nitrogens with zero attached hydrogens (tertiary/aromatic N) is 1. The smallest absolute Gasteiger partial charge is 0.318 e. The average Bonchev–Trinajstić information content (AvgIpc) is 2.70. The molecule has 1 heterocycles. The number of nitrogens with one attached hydrogen (secondary N) is 1. The normalized spacial score (nSPS) is 16.0. The van der Waals surface area contributed by atoms with Gasteiger partial charge in [-0.05, 0) is 23.3 Å². The molecule has 110 valence electrons. The Labute approximate surface area is 111 Å². The van der Waals surface area contributed by atoms with Gasteiger partial charge >= 0.3 is 22.5 Å². The van der Waals surface area contributed by atoms with Crippen molar-refractivity contribution < 1.29 is 30.3 Å². The Morgan fingerprint density at radius 2 is 1.80 bits per heavy atom. The Hall–Kier alpha value is -1.68. The third-order valence-electron chi connectivity index (χ3n) is 2.72. The van der Waals surface area contributed by atoms with Crippen LogP contribution in [0.15, 0.2) is 18.2 Å². The number of fused-ring (bicyclic) bond motifs is 1. The summed E-state index contributed by atoms with van der Waals surface area (Å²) in [6.45, 7) is -0.481. The third kappa shape index (κ3) is 3.07. The number of hydrogen-bond acceptors (Lipinski definition) is 3. The second-order valence-corrected chi connectivity index (χ2v) is 5.49. The minimum absolute atomic E-state index is 0.135. The molecule has 0 unspecified atom stereocenters. The molecule has 1 amide bonds. The molecule has 20 heavy (non-hydrogen) atoms. The van der Waals surface area contributed by atoms with Gasteiger partial charge in [-0.25, -0.2) is 0 Å². The summed E-state index contributed by atoms with van der Waals surface area (Å²) in [4.78, 5) is 10.8. The Morgan fingerprint density at radius 3 is 2.35 bits per heavy atom. The van der Waals surface area contributed by atoms with Gasteiger partial charge in [0, 0.05) is 18.8 Å². The van der Waals surface area contributed by atoms with Gasteiger partial charge < -0.3 is 5.32 Å². The van der Waals surface area contributed by atoms with Crippen molar-refractivity contribution in [2.45, 2.75) is 19.3 Å². The van der Waals surface area contributed by atoms with Gasteiger partial charge in [0.1, 0.15) is 0 Å². The first-order valence-corrected chi connectivity index (χ1v) is 6.61. The maximum atomic E-state index is 12.8. The predicted molar refractivity (Wildman–Crippen MR) is 60.4 cm³/mol. The summed E-state index contributed by atoms with van der Waals surface area (Å²) >= 11 is 0. The Morgan fingerprint density at radius 1 is 1.20 bits per heavy atom. The van der Waals surface area contributed by atoms with Crippen molar-refractivity contribution in [2.24, 2.45) is 0 Å². The van der Waals surface area contributed by atoms with E-state index in [4.69, 9.17) is 0 Å². The van der Waals surface area contributed by atoms with E-state index in [1.165, 1.54) is 18.2 Å². The van der Waals surface area contributed by atoms with Crippen molar-refractivity contribution in [2.75, 3.05) is 5.32 Å². The summed E-state index contributed by atoms with van der Waals surface area (Å²) in [5.41, 5.74) is 0.673. The number of anilines is 1. The van der Waals surface area contributed by atoms with Crippen LogP contribution in [0.1, 0.15) is 11.1 Å². The van der Waals surface area contributed by atoms with E-state index in [9.17, 15) is 30.3 Å². The highest BCUT2D eigenvalue weighted by molar-refractivity contribution is 7.83. The molecule has 10 heteroatoms. The Kier molecular flexibility index (Phi) is 3.46. The highest BCUT2D eigenvalue weighted by atomic mass is 32.3. The van der Waals surface area contributed by atoms with E-state index >= 15 is 0 Å². The zero-order valence-corrected chi connectivity index (χ0v) is 10.6. The number of carbonyl (C=O) groups is 1. The first kappa shape index (κ1) is 14.7. The van der Waals surface area contributed by atoms with Crippen molar-refractivity contribution in [3.05, 3.63) is 29.3 Å². The maximum absolute atomic E-state index is 12.8. The molecule has 1 aromatic rings. The molecule has 0 spiro atoms. The van der Waals surface area contributed by atoms with Crippen LogP contribution in [0.3, 0.4) is 0 Å². The van der Waals surface area contributed by atoms with Gasteiger partial charge in [0.2, 0.25) is 0 Å². The minimum atomic E-state index is -5.02. The molecule has 0 radical (unpaired) electrons. The lowest BCUT2D eigenvalue weighted by Crippen LogP contribution is -2.29. The van der Waals surface area contributed by atoms with Gasteiger partial charge in [0.25, 0.3) is 0 Å². The van der Waals surface area contributed by atoms with E-state index in [-0.39, 0.29) is 18.8 Å². The van der Waals surface area contributed by atoms with Crippen LogP contribution < -0.4 is 5.32 Å². The SMILES string of the molecule is O=C(Nc1ccc2c(c1)CN(S(=O)(=O)F)C2)C(F)(F)F. The molecule has 5 nitrogen and oxygen atoms in total. The molecule has 1 aliphatic rings. The summed E-state index contributed by atoms with van der Waals surface area (Å²) in [6, 6.07) is 3.72. The molecule has 0 saturated heterocycles. The number of halogens is 4. The molecular formula is C10H8F4N2O3S. The summed E-state index contributed by atoms with van der Waals surface area (Å²) in [7, 11) is -4.86. The minimum Gasteiger partial charge on any atom is -0.318 e. The summed E-state index contributed by atoms with van der Waals surface area (Å²) < 4.78 is 71.0. The first-order valence-electron chi connectivity index (χ1n) is 5.27. The third-order valence-corrected chi connectivity index (χ3v) is 3.60. The van der Waals surface area contributed by atoms with E-state index in [2.05, 4.69) is 0 Å². The van der Waals surface area contributed by atoms with Crippen molar-refractivity contribution in [3.8, 4) is 0 Å². The first-order chi connectivity index (χ1) is 9.07. The summed E-state index contributed by atoms with van der Waals surface area (Å²) in [5, 5.41) is 1.64. The van der Waals surface area contributed by atoms with Crippen LogP contribution in [0.2, 0.25) is 0 Å². The Balaban J connectivity index is 2.18. The highest BCUT2D eigenvalue weighted by Crippen LogP contribution is 2.28. The zero-order valence-electron chi connectivity index (χ0n) is 9.74. The summed E-state index contributed by atoms with van der Waals surface area (Å²) in [5.74, 6) is -2.13. The van der Waals surface area contributed by atoms with Gasteiger partial charge in [-0.2, -0.15) is 25.9 Å². The fourth-order valence-corrected chi connectivity index (χ4v) is 2.38. The van der Waals surface area contributed by atoms with Crippen LogP contribution in [0, 0.1) is 0 Å². The van der Waals surface area contributed by atoms with Crippen molar-refractivity contribution in [3.63, 3.8) is 0 Å². The Bertz CT molecular complexity index is 657. The van der Waals surface area contributed by atoms with Crippen LogP contribution in [0.25, 0.3) is 0 Å². The molecule has 2 rings (SSSR count). The number of rotatable bonds is 2. The molecular weight excluding hydrogens is 304 g/mol. The van der Waals surface area contributed by atoms with E-state index < -0.39 is 22.5 Å². The van der Waals surface area contributed by atoms with E-state index in [0.717, 1.165) is 0 Å². The number of alkyl halides is 3. The highest BCUT2D eigenvalue weighted by Gasteiger charge is 2.39. The molecule has 1 aliphatic heterocycles. The van der Waals surface area contributed by atoms with E-state index in [1.807, 2.05) is 0 Å². The molecule has 0 aromatic heterocycles. The second kappa shape index (κ2) is 4.70. The second-order valence-electron chi connectivity index (χ2n) is 4.15. The van der Waals surface area contributed by atoms with Crippen LogP contribution in [0.4, 0.5) is 22.7 Å². The van der Waals surface area contributed by atoms with E-state index in [1.54, 1.807) is 5.32 Å². The van der Waals surface area contributed by atoms with Gasteiger partial charge in [-0.1, -0.05) is 9.95 Å². The molecule has 0 atom stereocenters. The number of benzene rings is 1. The predicted octanol–water partition coefficient (Wildman–Crippen LogP) is 1.72. The molecule has 1 aromatic carbocycles. The lowest BCUT2D eigenvalue weighted by molar-refractivity contribution is -0.167. The molecule has 0 bridgehead atoms. The lowest BCUT2D eigenvalue weighted by atomic mass is 10.1. The van der Waals surface area contributed by atoms with Gasteiger partial charge in [0.05, 0.1) is 0 Å². The lowest BCUT2D eigenvalue weighted by Gasteiger charge is -2.09. The maximum Gasteiger partial charge on any atom is 0.471 e. The van der Waals surface area contributed by atoms with Crippen LogP contribution in [0.5, 0.6) is 0 Å². The monoisotopic (exact) mass is 312 g/mol. The topological polar surface area (TPSA) is 66.5 Å². The van der Waals surface area contributed by atoms with Gasteiger partial charge in [-0.15, -0.1) is 0 Å². The molecule has 0 aliphatic carbocycles. The molecule has 0 saturated carbocycles. The number of hydrogen-bond donors (Lipinski definition) is 1. The largest absolute Gasteiger partial charge is 0.471 e. The van der Waals surface area contributed by atoms with Gasteiger partial charge in [0.15, 0.2) is 0 Å². The van der Waals surface area contributed by atoms with Crippen LogP contribution >= 0.6 is 0 Å². The van der Waals surface area contributed by atoms with Crippen molar-refractivity contribution in [1.82, 2.24) is 4.31 Å². The van der Waals surface area contributed by atoms with Crippen molar-refractivity contribution >= 4 is 22.0 Å². The molecule has 0 fully saturated rings. The van der Waals surface area contributed by atoms with Crippen LogP contribution in [-0.2, 0) is 28.3 Å². The van der Waals surface area contributed by atoms with E-state index in [0.29, 0.717) is 15.4 Å². The van der Waals surface area contributed by atoms with Crippen LogP contribution in [-0.4, -0.2) is 24.8 Å². The average molecular weight is 312 g/mol. The number of amides is 1. The fourth-order valence-electron chi connectivity index (χ4n) is 1.80. The molecule has 1 N–H and O–H groups in total. The van der Waals surface area contributed by atoms with Gasteiger partial charge in [-0.3, -0.25) is 4.79 Å². The van der Waals surface area contributed by atoms with Crippen molar-refractivity contribution in [1.29, 1.82) is 0 Å². The zero-order chi connectivity index (χ0) is 15.1. The quantitative estimate of drug-likeness (QED) is 0.668. The number of carbonyl (C=O) groups excluding carboxylic acids is 1.